The van der Waals surface area contributed by atoms with Crippen LogP contribution in [-0.2, 0) is 0 Å². The Morgan fingerprint density at radius 3 is 2.53 bits per heavy atom. The van der Waals surface area contributed by atoms with E-state index >= 15 is 0 Å². The molecule has 0 aromatic heterocycles. The summed E-state index contributed by atoms with van der Waals surface area (Å²) in [4.78, 5) is 0. The van der Waals surface area contributed by atoms with Crippen molar-refractivity contribution in [2.75, 3.05) is 20.7 Å². The zero-order chi connectivity index (χ0) is 11.1. The summed E-state index contributed by atoms with van der Waals surface area (Å²) in [6.07, 6.45) is 3.31. The normalized spacial score (nSPS) is 11.5. The summed E-state index contributed by atoms with van der Waals surface area (Å²) in [7, 11) is 3.65. The number of allylic oxidation sites excluding steroid dienone is 1. The second-order valence-electron chi connectivity index (χ2n) is 3.51. The van der Waals surface area contributed by atoms with Crippen LogP contribution in [0.15, 0.2) is 30.3 Å². The first-order chi connectivity index (χ1) is 7.27. The van der Waals surface area contributed by atoms with Crippen molar-refractivity contribution < 1.29 is 4.74 Å². The lowest BCUT2D eigenvalue weighted by Crippen LogP contribution is -2.05. The fourth-order valence-corrected chi connectivity index (χ4v) is 1.40. The molecule has 0 bridgehead atoms. The van der Waals surface area contributed by atoms with E-state index in [1.54, 1.807) is 7.11 Å². The highest BCUT2D eigenvalue weighted by Gasteiger charge is 1.95. The first kappa shape index (κ1) is 11.8. The van der Waals surface area contributed by atoms with Gasteiger partial charge in [-0.25, -0.2) is 0 Å². The van der Waals surface area contributed by atoms with Crippen LogP contribution in [0.4, 0.5) is 0 Å². The lowest BCUT2D eigenvalue weighted by molar-refractivity contribution is 0.415. The molecule has 0 saturated carbocycles. The van der Waals surface area contributed by atoms with Crippen LogP contribution in [-0.4, -0.2) is 20.7 Å². The molecule has 2 nitrogen and oxygen atoms in total. The number of methoxy groups -OCH3 is 1. The number of hydrogen-bond donors (Lipinski definition) is 1. The van der Waals surface area contributed by atoms with E-state index in [-0.39, 0.29) is 0 Å². The zero-order valence-corrected chi connectivity index (χ0v) is 9.71. The molecular weight excluding hydrogens is 186 g/mol. The minimum absolute atomic E-state index is 0.904. The summed E-state index contributed by atoms with van der Waals surface area (Å²) in [5.74, 6) is 0.904. The van der Waals surface area contributed by atoms with Crippen LogP contribution in [0.25, 0.3) is 5.57 Å². The van der Waals surface area contributed by atoms with Gasteiger partial charge in [0.25, 0.3) is 0 Å². The Kier molecular flexibility index (Phi) is 4.91. The maximum Gasteiger partial charge on any atom is 0.118 e. The van der Waals surface area contributed by atoms with Crippen LogP contribution in [0.1, 0.15) is 18.9 Å². The van der Waals surface area contributed by atoms with Gasteiger partial charge >= 0.3 is 0 Å². The maximum atomic E-state index is 5.12. The van der Waals surface area contributed by atoms with Crippen molar-refractivity contribution >= 4 is 5.57 Å². The van der Waals surface area contributed by atoms with Crippen LogP contribution in [0.5, 0.6) is 5.75 Å². The molecule has 2 heteroatoms. The molecule has 1 N–H and O–H groups in total. The van der Waals surface area contributed by atoms with E-state index < -0.39 is 0 Å². The van der Waals surface area contributed by atoms with Gasteiger partial charge in [-0.1, -0.05) is 18.2 Å². The Balaban J connectivity index is 2.65. The molecule has 0 unspecified atom stereocenters. The third kappa shape index (κ3) is 3.76. The predicted molar refractivity (Wildman–Crippen MR) is 65.2 cm³/mol. The lowest BCUT2D eigenvalue weighted by atomic mass is 10.1. The summed E-state index contributed by atoms with van der Waals surface area (Å²) in [6, 6.07) is 8.16. The fraction of sp³-hybridized carbons (Fsp3) is 0.385. The first-order valence-corrected chi connectivity index (χ1v) is 5.23. The van der Waals surface area contributed by atoms with Gasteiger partial charge in [0.2, 0.25) is 0 Å². The third-order valence-electron chi connectivity index (χ3n) is 2.39. The highest BCUT2D eigenvalue weighted by Crippen LogP contribution is 2.18. The van der Waals surface area contributed by atoms with Crippen molar-refractivity contribution in [3.05, 3.63) is 35.9 Å². The smallest absolute Gasteiger partial charge is 0.118 e. The van der Waals surface area contributed by atoms with Crippen molar-refractivity contribution in [1.29, 1.82) is 0 Å². The quantitative estimate of drug-likeness (QED) is 0.746. The Morgan fingerprint density at radius 2 is 2.00 bits per heavy atom. The van der Waals surface area contributed by atoms with Gasteiger partial charge in [-0.15, -0.1) is 0 Å². The van der Waals surface area contributed by atoms with E-state index in [0.29, 0.717) is 0 Å². The summed E-state index contributed by atoms with van der Waals surface area (Å²) in [5.41, 5.74) is 2.57. The number of rotatable bonds is 5. The molecule has 0 heterocycles. The lowest BCUT2D eigenvalue weighted by Gasteiger charge is -2.04. The van der Waals surface area contributed by atoms with Crippen molar-refractivity contribution in [2.45, 2.75) is 13.3 Å². The van der Waals surface area contributed by atoms with Crippen LogP contribution < -0.4 is 10.1 Å². The molecule has 0 aliphatic heterocycles. The van der Waals surface area contributed by atoms with Gasteiger partial charge in [0.05, 0.1) is 7.11 Å². The van der Waals surface area contributed by atoms with E-state index in [2.05, 4.69) is 30.4 Å². The van der Waals surface area contributed by atoms with Crippen LogP contribution in [0.2, 0.25) is 0 Å². The van der Waals surface area contributed by atoms with Gasteiger partial charge in [-0.3, -0.25) is 0 Å². The molecule has 1 rings (SSSR count). The van der Waals surface area contributed by atoms with Gasteiger partial charge < -0.3 is 10.1 Å². The predicted octanol–water partition coefficient (Wildman–Crippen LogP) is 2.71. The monoisotopic (exact) mass is 205 g/mol. The van der Waals surface area contributed by atoms with E-state index in [1.807, 2.05) is 19.2 Å². The molecule has 0 fully saturated rings. The molecule has 0 spiro atoms. The summed E-state index contributed by atoms with van der Waals surface area (Å²) < 4.78 is 5.12. The van der Waals surface area contributed by atoms with Crippen molar-refractivity contribution in [3.8, 4) is 5.75 Å². The van der Waals surface area contributed by atoms with Gasteiger partial charge in [0.15, 0.2) is 0 Å². The topological polar surface area (TPSA) is 21.3 Å². The van der Waals surface area contributed by atoms with Crippen LogP contribution in [0.3, 0.4) is 0 Å². The van der Waals surface area contributed by atoms with E-state index in [0.717, 1.165) is 18.7 Å². The second-order valence-corrected chi connectivity index (χ2v) is 3.51. The van der Waals surface area contributed by atoms with Crippen LogP contribution in [0, 0.1) is 0 Å². The summed E-state index contributed by atoms with van der Waals surface area (Å²) in [5, 5.41) is 3.13. The minimum Gasteiger partial charge on any atom is -0.497 e. The average Bonchev–Trinajstić information content (AvgIpc) is 2.29. The SMILES string of the molecule is CNCCC=C(C)c1ccc(OC)cc1. The zero-order valence-electron chi connectivity index (χ0n) is 9.71. The molecule has 0 aliphatic rings. The minimum atomic E-state index is 0.904. The van der Waals surface area contributed by atoms with Crippen molar-refractivity contribution in [1.82, 2.24) is 5.32 Å². The highest BCUT2D eigenvalue weighted by atomic mass is 16.5. The molecular formula is C13H19NO. The maximum absolute atomic E-state index is 5.12. The number of benzene rings is 1. The third-order valence-corrected chi connectivity index (χ3v) is 2.39. The van der Waals surface area contributed by atoms with Crippen molar-refractivity contribution in [3.63, 3.8) is 0 Å². The van der Waals surface area contributed by atoms with Crippen LogP contribution >= 0.6 is 0 Å². The van der Waals surface area contributed by atoms with Gasteiger partial charge in [-0.2, -0.15) is 0 Å². The molecule has 15 heavy (non-hydrogen) atoms. The van der Waals surface area contributed by atoms with Gasteiger partial charge in [0.1, 0.15) is 5.75 Å². The number of hydrogen-bond acceptors (Lipinski definition) is 2. The van der Waals surface area contributed by atoms with E-state index in [9.17, 15) is 0 Å². The molecule has 1 aromatic rings. The Labute approximate surface area is 92.0 Å². The Hall–Kier alpha value is -1.28. The molecule has 0 saturated heterocycles. The molecule has 0 radical (unpaired) electrons. The second kappa shape index (κ2) is 6.25. The van der Waals surface area contributed by atoms with Gasteiger partial charge in [-0.05, 0) is 50.2 Å². The average molecular weight is 205 g/mol. The fourth-order valence-electron chi connectivity index (χ4n) is 1.40. The standard InChI is InChI=1S/C13H19NO/c1-11(5-4-10-14-2)12-6-8-13(15-3)9-7-12/h5-9,14H,4,10H2,1-3H3. The number of nitrogens with one attached hydrogen (secondary N) is 1. The van der Waals surface area contributed by atoms with Crippen molar-refractivity contribution in [2.24, 2.45) is 0 Å². The van der Waals surface area contributed by atoms with E-state index in [4.69, 9.17) is 4.74 Å². The molecule has 0 atom stereocenters. The molecule has 0 amide bonds. The Morgan fingerprint density at radius 1 is 1.33 bits per heavy atom. The molecule has 1 aromatic carbocycles. The molecule has 82 valence electrons. The number of ether oxygens (including phenoxy) is 1. The Bertz CT molecular complexity index is 314. The molecule has 0 aliphatic carbocycles. The van der Waals surface area contributed by atoms with E-state index in [1.165, 1.54) is 11.1 Å². The van der Waals surface area contributed by atoms with Gasteiger partial charge in [0, 0.05) is 0 Å². The first-order valence-electron chi connectivity index (χ1n) is 5.23. The summed E-state index contributed by atoms with van der Waals surface area (Å²) in [6.45, 7) is 3.16. The highest BCUT2D eigenvalue weighted by molar-refractivity contribution is 5.64. The summed E-state index contributed by atoms with van der Waals surface area (Å²) >= 11 is 0. The largest absolute Gasteiger partial charge is 0.497 e.